The van der Waals surface area contributed by atoms with E-state index in [1.807, 2.05) is 0 Å². The maximum Gasteiger partial charge on any atom is 0.338 e. The molecule has 3 atom stereocenters. The normalized spacial score (nSPS) is 24.3. The van der Waals surface area contributed by atoms with Crippen molar-refractivity contribution in [1.29, 1.82) is 0 Å². The number of aromatic carboxylic acids is 1. The molecule has 0 unspecified atom stereocenters. The first-order valence-corrected chi connectivity index (χ1v) is 9.00. The highest BCUT2D eigenvalue weighted by molar-refractivity contribution is 5.88. The minimum atomic E-state index is -1.23. The van der Waals surface area contributed by atoms with Crippen molar-refractivity contribution in [1.82, 2.24) is 0 Å². The van der Waals surface area contributed by atoms with E-state index in [1.165, 1.54) is 36.1 Å². The Labute approximate surface area is 146 Å². The van der Waals surface area contributed by atoms with Crippen molar-refractivity contribution in [3.8, 4) is 0 Å². The number of carboxylic acid groups (broad SMARTS) is 1. The van der Waals surface area contributed by atoms with Crippen LogP contribution in [-0.2, 0) is 6.42 Å². The number of halogens is 1. The molecule has 130 valence electrons. The summed E-state index contributed by atoms with van der Waals surface area (Å²) in [6.07, 6.45) is 4.48. The van der Waals surface area contributed by atoms with E-state index in [0.29, 0.717) is 11.8 Å². The van der Waals surface area contributed by atoms with Crippen LogP contribution in [0.3, 0.4) is 0 Å². The summed E-state index contributed by atoms with van der Waals surface area (Å²) in [6, 6.07) is 11.2. The van der Waals surface area contributed by atoms with Gasteiger partial charge in [0.05, 0.1) is 11.6 Å². The average Bonchev–Trinajstić information content (AvgIpc) is 3.10. The lowest BCUT2D eigenvalue weighted by molar-refractivity contribution is 0.0692. The van der Waals surface area contributed by atoms with E-state index in [2.05, 4.69) is 30.4 Å². The van der Waals surface area contributed by atoms with Crippen LogP contribution in [0.4, 0.5) is 10.1 Å². The van der Waals surface area contributed by atoms with Gasteiger partial charge in [-0.3, -0.25) is 0 Å². The van der Waals surface area contributed by atoms with Crippen molar-refractivity contribution in [3.05, 3.63) is 64.5 Å². The minimum Gasteiger partial charge on any atom is -0.478 e. The molecule has 1 heterocycles. The van der Waals surface area contributed by atoms with Crippen molar-refractivity contribution < 1.29 is 14.3 Å². The average molecular weight is 339 g/mol. The number of aryl methyl sites for hydroxylation is 1. The van der Waals surface area contributed by atoms with Gasteiger partial charge in [0, 0.05) is 5.69 Å². The highest BCUT2D eigenvalue weighted by Crippen LogP contribution is 2.52. The second kappa shape index (κ2) is 6.17. The number of hydrogen-bond acceptors (Lipinski definition) is 2. The summed E-state index contributed by atoms with van der Waals surface area (Å²) in [5, 5.41) is 12.6. The van der Waals surface area contributed by atoms with E-state index in [4.69, 9.17) is 5.11 Å². The number of carboxylic acids is 1. The van der Waals surface area contributed by atoms with Crippen LogP contribution >= 0.6 is 0 Å². The molecule has 0 aromatic heterocycles. The van der Waals surface area contributed by atoms with Gasteiger partial charge < -0.3 is 10.4 Å². The molecule has 2 aromatic rings. The Morgan fingerprint density at radius 1 is 1.24 bits per heavy atom. The molecule has 0 bridgehead atoms. The Hall–Kier alpha value is -2.36. The van der Waals surface area contributed by atoms with Gasteiger partial charge in [-0.1, -0.05) is 31.5 Å². The fourth-order valence-corrected chi connectivity index (χ4v) is 4.55. The Morgan fingerprint density at radius 2 is 2.08 bits per heavy atom. The second-order valence-electron chi connectivity index (χ2n) is 7.14. The molecular weight excluding hydrogens is 317 g/mol. The number of benzene rings is 2. The number of anilines is 1. The van der Waals surface area contributed by atoms with Gasteiger partial charge >= 0.3 is 5.97 Å². The molecule has 2 aromatic carbocycles. The van der Waals surface area contributed by atoms with Gasteiger partial charge in [-0.2, -0.15) is 0 Å². The molecule has 2 aliphatic rings. The third kappa shape index (κ3) is 2.70. The number of carbonyl (C=O) groups is 1. The fraction of sp³-hybridized carbons (Fsp3) is 0.381. The molecule has 4 heteroatoms. The Bertz CT molecular complexity index is 833. The van der Waals surface area contributed by atoms with Gasteiger partial charge in [-0.15, -0.1) is 0 Å². The molecule has 1 aliphatic heterocycles. The smallest absolute Gasteiger partial charge is 0.338 e. The maximum absolute atomic E-state index is 14.2. The van der Waals surface area contributed by atoms with Crippen LogP contribution in [-0.4, -0.2) is 11.1 Å². The lowest BCUT2D eigenvalue weighted by Gasteiger charge is -2.38. The highest BCUT2D eigenvalue weighted by Gasteiger charge is 2.40. The van der Waals surface area contributed by atoms with Gasteiger partial charge in [0.15, 0.2) is 0 Å². The maximum atomic E-state index is 14.2. The first-order chi connectivity index (χ1) is 12.1. The van der Waals surface area contributed by atoms with Crippen LogP contribution in [0.1, 0.15) is 65.2 Å². The van der Waals surface area contributed by atoms with E-state index in [-0.39, 0.29) is 11.6 Å². The summed E-state index contributed by atoms with van der Waals surface area (Å²) >= 11 is 0. The highest BCUT2D eigenvalue weighted by atomic mass is 19.1. The van der Waals surface area contributed by atoms with E-state index < -0.39 is 11.8 Å². The Balaban J connectivity index is 1.74. The summed E-state index contributed by atoms with van der Waals surface area (Å²) in [4.78, 5) is 11.1. The summed E-state index contributed by atoms with van der Waals surface area (Å²) < 4.78 is 14.2. The molecule has 1 saturated carbocycles. The molecule has 0 radical (unpaired) electrons. The third-order valence-electron chi connectivity index (χ3n) is 5.81. The number of hydrogen-bond donors (Lipinski definition) is 2. The van der Waals surface area contributed by atoms with Crippen molar-refractivity contribution in [3.63, 3.8) is 0 Å². The zero-order valence-electron chi connectivity index (χ0n) is 14.3. The lowest BCUT2D eigenvalue weighted by atomic mass is 9.76. The summed E-state index contributed by atoms with van der Waals surface area (Å²) in [5.74, 6) is -0.963. The topological polar surface area (TPSA) is 49.3 Å². The van der Waals surface area contributed by atoms with Crippen molar-refractivity contribution in [2.24, 2.45) is 5.92 Å². The fourth-order valence-electron chi connectivity index (χ4n) is 4.55. The van der Waals surface area contributed by atoms with Crippen LogP contribution < -0.4 is 5.32 Å². The van der Waals surface area contributed by atoms with Gasteiger partial charge in [0.1, 0.15) is 5.82 Å². The van der Waals surface area contributed by atoms with Gasteiger partial charge in [-0.05, 0) is 66.0 Å². The van der Waals surface area contributed by atoms with E-state index in [0.717, 1.165) is 24.1 Å². The largest absolute Gasteiger partial charge is 0.478 e. The number of rotatable bonds is 3. The third-order valence-corrected chi connectivity index (χ3v) is 5.81. The predicted molar refractivity (Wildman–Crippen MR) is 95.6 cm³/mol. The Morgan fingerprint density at radius 3 is 2.80 bits per heavy atom. The first kappa shape index (κ1) is 16.1. The van der Waals surface area contributed by atoms with Gasteiger partial charge in [0.2, 0.25) is 0 Å². The van der Waals surface area contributed by atoms with E-state index >= 15 is 0 Å². The zero-order chi connectivity index (χ0) is 17.6. The van der Waals surface area contributed by atoms with Crippen molar-refractivity contribution in [2.45, 2.75) is 44.6 Å². The minimum absolute atomic E-state index is 0.0322. The van der Waals surface area contributed by atoms with Crippen LogP contribution in [0.5, 0.6) is 0 Å². The zero-order valence-corrected chi connectivity index (χ0v) is 14.3. The molecule has 1 aliphatic carbocycles. The van der Waals surface area contributed by atoms with E-state index in [9.17, 15) is 9.18 Å². The molecule has 25 heavy (non-hydrogen) atoms. The molecule has 0 spiro atoms. The number of nitrogens with one attached hydrogen (secondary N) is 1. The molecule has 1 fully saturated rings. The van der Waals surface area contributed by atoms with Crippen molar-refractivity contribution >= 4 is 11.7 Å². The molecule has 0 saturated heterocycles. The first-order valence-electron chi connectivity index (χ1n) is 9.00. The Kier molecular flexibility index (Phi) is 3.98. The van der Waals surface area contributed by atoms with Crippen LogP contribution in [0.25, 0.3) is 0 Å². The molecule has 4 rings (SSSR count). The summed E-state index contributed by atoms with van der Waals surface area (Å²) in [5.41, 5.74) is 4.44. The molecular formula is C21H22FNO2. The van der Waals surface area contributed by atoms with Crippen LogP contribution in [0, 0.1) is 11.7 Å². The molecule has 2 N–H and O–H groups in total. The molecule has 0 amide bonds. The van der Waals surface area contributed by atoms with Gasteiger partial charge in [0.25, 0.3) is 0 Å². The SMILES string of the molecule is CCc1ccc2c(c1)[C@@H]1CCC[C@@H]1[C@H](c1ccc(C(=O)O)c(F)c1)N2. The van der Waals surface area contributed by atoms with Crippen LogP contribution in [0.15, 0.2) is 36.4 Å². The van der Waals surface area contributed by atoms with Crippen LogP contribution in [0.2, 0.25) is 0 Å². The monoisotopic (exact) mass is 339 g/mol. The van der Waals surface area contributed by atoms with Gasteiger partial charge in [-0.25, -0.2) is 9.18 Å². The second-order valence-corrected chi connectivity index (χ2v) is 7.14. The number of fused-ring (bicyclic) bond motifs is 3. The quantitative estimate of drug-likeness (QED) is 0.814. The summed E-state index contributed by atoms with van der Waals surface area (Å²) in [7, 11) is 0. The lowest BCUT2D eigenvalue weighted by Crippen LogP contribution is -2.29. The molecule has 3 nitrogen and oxygen atoms in total. The summed E-state index contributed by atoms with van der Waals surface area (Å²) in [6.45, 7) is 2.17. The predicted octanol–water partition coefficient (Wildman–Crippen LogP) is 5.14. The standard InChI is InChI=1S/C21H22FNO2/c1-2-12-6-9-19-17(10-12)14-4-3-5-15(14)20(23-19)13-7-8-16(21(24)25)18(22)11-13/h6-11,14-15,20,23H,2-5H2,1H3,(H,24,25)/t14-,15+,20+/m1/s1. The van der Waals surface area contributed by atoms with Crippen molar-refractivity contribution in [2.75, 3.05) is 5.32 Å². The van der Waals surface area contributed by atoms with E-state index in [1.54, 1.807) is 6.07 Å².